The summed E-state index contributed by atoms with van der Waals surface area (Å²) in [7, 11) is 1.61. The Morgan fingerprint density at radius 2 is 2.27 bits per heavy atom. The molecule has 1 rings (SSSR count). The maximum atomic E-state index is 11.7. The Morgan fingerprint density at radius 3 is 2.87 bits per heavy atom. The van der Waals surface area contributed by atoms with Gasteiger partial charge in [-0.05, 0) is 24.6 Å². The Labute approximate surface area is 94.2 Å². The van der Waals surface area contributed by atoms with E-state index in [2.05, 4.69) is 0 Å². The van der Waals surface area contributed by atoms with Crippen LogP contribution in [0.15, 0.2) is 18.2 Å². The highest BCUT2D eigenvalue weighted by Gasteiger charge is 2.09. The fraction of sp³-hybridized carbons (Fsp3) is 0.364. The maximum Gasteiger partial charge on any atom is 0.165 e. The number of nitrogen functional groups attached to an aromatic ring is 1. The van der Waals surface area contributed by atoms with E-state index >= 15 is 0 Å². The molecule has 1 aromatic rings. The van der Waals surface area contributed by atoms with E-state index in [1.54, 1.807) is 25.3 Å². The number of nitrogens with two attached hydrogens (primary N) is 1. The minimum Gasteiger partial charge on any atom is -0.398 e. The van der Waals surface area contributed by atoms with Crippen molar-refractivity contribution < 1.29 is 9.53 Å². The number of carbonyl (C=O) groups excluding carboxylic acids is 1. The second-order valence-corrected chi connectivity index (χ2v) is 3.69. The molecule has 0 aliphatic carbocycles. The number of hydrogen-bond donors (Lipinski definition) is 1. The maximum absolute atomic E-state index is 11.7. The summed E-state index contributed by atoms with van der Waals surface area (Å²) >= 11 is 5.74. The molecular formula is C11H14ClNO2. The van der Waals surface area contributed by atoms with Crippen molar-refractivity contribution in [1.29, 1.82) is 0 Å². The van der Waals surface area contributed by atoms with E-state index in [9.17, 15) is 4.79 Å². The van der Waals surface area contributed by atoms with E-state index in [1.807, 2.05) is 0 Å². The first-order valence-corrected chi connectivity index (χ1v) is 5.10. The molecule has 0 heterocycles. The second-order valence-electron chi connectivity index (χ2n) is 3.25. The number of ether oxygens (including phenoxy) is 1. The van der Waals surface area contributed by atoms with Crippen LogP contribution in [-0.2, 0) is 4.74 Å². The van der Waals surface area contributed by atoms with Gasteiger partial charge < -0.3 is 10.5 Å². The molecule has 3 nitrogen and oxygen atoms in total. The lowest BCUT2D eigenvalue weighted by Crippen LogP contribution is -2.04. The van der Waals surface area contributed by atoms with Crippen LogP contribution in [0.25, 0.3) is 0 Å². The standard InChI is InChI=1S/C11H14ClNO2/c1-15-6-2-3-11(14)9-5-4-8(12)7-10(9)13/h4-5,7H,2-3,6,13H2,1H3. The van der Waals surface area contributed by atoms with Crippen LogP contribution in [0, 0.1) is 0 Å². The monoisotopic (exact) mass is 227 g/mol. The fourth-order valence-corrected chi connectivity index (χ4v) is 1.48. The van der Waals surface area contributed by atoms with Gasteiger partial charge >= 0.3 is 0 Å². The number of Topliss-reactive ketones (excluding diaryl/α,β-unsaturated/α-hetero) is 1. The Bertz CT molecular complexity index is 352. The van der Waals surface area contributed by atoms with Gasteiger partial charge in [0, 0.05) is 36.4 Å². The van der Waals surface area contributed by atoms with Crippen LogP contribution < -0.4 is 5.73 Å². The van der Waals surface area contributed by atoms with Gasteiger partial charge in [0.1, 0.15) is 0 Å². The van der Waals surface area contributed by atoms with Gasteiger partial charge in [-0.15, -0.1) is 0 Å². The summed E-state index contributed by atoms with van der Waals surface area (Å²) in [6, 6.07) is 4.92. The molecular weight excluding hydrogens is 214 g/mol. The topological polar surface area (TPSA) is 52.3 Å². The summed E-state index contributed by atoms with van der Waals surface area (Å²) in [5, 5.41) is 0.543. The molecule has 0 spiro atoms. The number of ketones is 1. The number of benzene rings is 1. The molecule has 0 radical (unpaired) electrons. The zero-order chi connectivity index (χ0) is 11.3. The summed E-state index contributed by atoms with van der Waals surface area (Å²) in [6.07, 6.45) is 1.15. The molecule has 0 aliphatic heterocycles. The van der Waals surface area contributed by atoms with Gasteiger partial charge in [0.05, 0.1) is 0 Å². The average Bonchev–Trinajstić information content (AvgIpc) is 2.17. The quantitative estimate of drug-likeness (QED) is 0.478. The molecule has 82 valence electrons. The molecule has 0 aliphatic rings. The summed E-state index contributed by atoms with van der Waals surface area (Å²) in [6.45, 7) is 0.583. The summed E-state index contributed by atoms with van der Waals surface area (Å²) in [5.41, 5.74) is 6.66. The van der Waals surface area contributed by atoms with Crippen LogP contribution in [0.3, 0.4) is 0 Å². The molecule has 0 unspecified atom stereocenters. The van der Waals surface area contributed by atoms with Gasteiger partial charge in [0.2, 0.25) is 0 Å². The number of anilines is 1. The van der Waals surface area contributed by atoms with Crippen LogP contribution in [0.5, 0.6) is 0 Å². The third-order valence-electron chi connectivity index (χ3n) is 2.07. The first kappa shape index (κ1) is 12.0. The molecule has 0 saturated heterocycles. The van der Waals surface area contributed by atoms with Crippen molar-refractivity contribution in [3.05, 3.63) is 28.8 Å². The minimum absolute atomic E-state index is 0.0289. The van der Waals surface area contributed by atoms with E-state index in [-0.39, 0.29) is 5.78 Å². The number of halogens is 1. The van der Waals surface area contributed by atoms with Crippen LogP contribution in [-0.4, -0.2) is 19.5 Å². The fourth-order valence-electron chi connectivity index (χ4n) is 1.30. The van der Waals surface area contributed by atoms with Gasteiger partial charge in [-0.25, -0.2) is 0 Å². The second kappa shape index (κ2) is 5.73. The lowest BCUT2D eigenvalue weighted by atomic mass is 10.1. The molecule has 1 aromatic carbocycles. The predicted octanol–water partition coefficient (Wildman–Crippen LogP) is 2.53. The van der Waals surface area contributed by atoms with Gasteiger partial charge in [-0.2, -0.15) is 0 Å². The molecule has 2 N–H and O–H groups in total. The van der Waals surface area contributed by atoms with Gasteiger partial charge in [0.25, 0.3) is 0 Å². The number of methoxy groups -OCH3 is 1. The lowest BCUT2D eigenvalue weighted by molar-refractivity contribution is 0.0964. The Hall–Kier alpha value is -1.06. The molecule has 0 aromatic heterocycles. The third kappa shape index (κ3) is 3.53. The highest BCUT2D eigenvalue weighted by Crippen LogP contribution is 2.19. The van der Waals surface area contributed by atoms with E-state index < -0.39 is 0 Å². The van der Waals surface area contributed by atoms with Crippen LogP contribution in [0.1, 0.15) is 23.2 Å². The Kier molecular flexibility index (Phi) is 4.59. The number of carbonyl (C=O) groups is 1. The number of rotatable bonds is 5. The number of hydrogen-bond acceptors (Lipinski definition) is 3. The van der Waals surface area contributed by atoms with E-state index in [0.717, 1.165) is 0 Å². The van der Waals surface area contributed by atoms with Crippen LogP contribution in [0.4, 0.5) is 5.69 Å². The lowest BCUT2D eigenvalue weighted by Gasteiger charge is -2.04. The molecule has 15 heavy (non-hydrogen) atoms. The van der Waals surface area contributed by atoms with Crippen molar-refractivity contribution in [3.63, 3.8) is 0 Å². The van der Waals surface area contributed by atoms with Crippen molar-refractivity contribution >= 4 is 23.1 Å². The Morgan fingerprint density at radius 1 is 1.53 bits per heavy atom. The zero-order valence-corrected chi connectivity index (χ0v) is 9.38. The molecule has 0 saturated carbocycles. The smallest absolute Gasteiger partial charge is 0.165 e. The van der Waals surface area contributed by atoms with Crippen LogP contribution in [0.2, 0.25) is 5.02 Å². The van der Waals surface area contributed by atoms with Crippen molar-refractivity contribution in [2.45, 2.75) is 12.8 Å². The molecule has 0 atom stereocenters. The average molecular weight is 228 g/mol. The largest absolute Gasteiger partial charge is 0.398 e. The molecule has 0 amide bonds. The summed E-state index contributed by atoms with van der Waals surface area (Å²) < 4.78 is 4.87. The highest BCUT2D eigenvalue weighted by atomic mass is 35.5. The summed E-state index contributed by atoms with van der Waals surface area (Å²) in [5.74, 6) is 0.0289. The van der Waals surface area contributed by atoms with E-state index in [0.29, 0.717) is 35.7 Å². The van der Waals surface area contributed by atoms with E-state index in [1.165, 1.54) is 0 Å². The zero-order valence-electron chi connectivity index (χ0n) is 8.63. The first-order chi connectivity index (χ1) is 7.15. The first-order valence-electron chi connectivity index (χ1n) is 4.72. The Balaban J connectivity index is 2.65. The highest BCUT2D eigenvalue weighted by molar-refractivity contribution is 6.31. The van der Waals surface area contributed by atoms with Crippen molar-refractivity contribution in [2.75, 3.05) is 19.5 Å². The SMILES string of the molecule is COCCCC(=O)c1ccc(Cl)cc1N. The normalized spacial score (nSPS) is 10.3. The van der Waals surface area contributed by atoms with Crippen molar-refractivity contribution in [2.24, 2.45) is 0 Å². The summed E-state index contributed by atoms with van der Waals surface area (Å²) in [4.78, 5) is 11.7. The molecule has 0 bridgehead atoms. The third-order valence-corrected chi connectivity index (χ3v) is 2.30. The van der Waals surface area contributed by atoms with Gasteiger partial charge in [-0.3, -0.25) is 4.79 Å². The van der Waals surface area contributed by atoms with E-state index in [4.69, 9.17) is 22.1 Å². The predicted molar refractivity (Wildman–Crippen MR) is 61.3 cm³/mol. The van der Waals surface area contributed by atoms with Crippen molar-refractivity contribution in [1.82, 2.24) is 0 Å². The van der Waals surface area contributed by atoms with Gasteiger partial charge in [-0.1, -0.05) is 11.6 Å². The van der Waals surface area contributed by atoms with Crippen molar-refractivity contribution in [3.8, 4) is 0 Å². The minimum atomic E-state index is 0.0289. The van der Waals surface area contributed by atoms with Gasteiger partial charge in [0.15, 0.2) is 5.78 Å². The van der Waals surface area contributed by atoms with Crippen LogP contribution >= 0.6 is 11.6 Å². The molecule has 0 fully saturated rings. The molecule has 4 heteroatoms.